The maximum Gasteiger partial charge on any atom is 0.254 e. The molecule has 12 heteroatoms. The number of nitrogens with zero attached hydrogens (tertiary/aromatic N) is 6. The number of likely N-dealkylation sites (tertiary alicyclic amines) is 1. The number of benzene rings is 2. The lowest BCUT2D eigenvalue weighted by Gasteiger charge is -2.34. The summed E-state index contributed by atoms with van der Waals surface area (Å²) in [5, 5.41) is 28.2. The zero-order valence-corrected chi connectivity index (χ0v) is 23.8. The van der Waals surface area contributed by atoms with Crippen LogP contribution in [0.3, 0.4) is 0 Å². The van der Waals surface area contributed by atoms with E-state index in [2.05, 4.69) is 32.0 Å². The molecule has 43 heavy (non-hydrogen) atoms. The van der Waals surface area contributed by atoms with Crippen LogP contribution in [-0.4, -0.2) is 93.7 Å². The second-order valence-corrected chi connectivity index (χ2v) is 11.9. The Morgan fingerprint density at radius 2 is 1.88 bits per heavy atom. The average Bonchev–Trinajstić information content (AvgIpc) is 3.42. The minimum atomic E-state index is -0.914. The van der Waals surface area contributed by atoms with Gasteiger partial charge in [0.2, 0.25) is 5.91 Å². The van der Waals surface area contributed by atoms with Crippen molar-refractivity contribution in [2.75, 3.05) is 39.4 Å². The number of carbonyl (C=O) groups is 2. The Morgan fingerprint density at radius 1 is 1.12 bits per heavy atom. The Kier molecular flexibility index (Phi) is 7.15. The van der Waals surface area contributed by atoms with Crippen molar-refractivity contribution in [3.63, 3.8) is 0 Å². The molecule has 4 atom stereocenters. The second-order valence-electron chi connectivity index (χ2n) is 11.9. The largest absolute Gasteiger partial charge is 0.378 e. The molecule has 222 valence electrons. The summed E-state index contributed by atoms with van der Waals surface area (Å²) in [6.07, 6.45) is 3.37. The van der Waals surface area contributed by atoms with Crippen LogP contribution in [0.2, 0.25) is 0 Å². The Morgan fingerprint density at radius 3 is 2.63 bits per heavy atom. The van der Waals surface area contributed by atoms with Gasteiger partial charge in [0.1, 0.15) is 11.9 Å². The van der Waals surface area contributed by atoms with Crippen molar-refractivity contribution in [1.29, 1.82) is 5.26 Å². The summed E-state index contributed by atoms with van der Waals surface area (Å²) >= 11 is 0. The van der Waals surface area contributed by atoms with Crippen LogP contribution in [0.4, 0.5) is 4.39 Å². The van der Waals surface area contributed by atoms with E-state index in [0.29, 0.717) is 69.4 Å². The van der Waals surface area contributed by atoms with Crippen LogP contribution >= 0.6 is 0 Å². The van der Waals surface area contributed by atoms with Gasteiger partial charge in [-0.25, -0.2) is 4.39 Å². The fourth-order valence-corrected chi connectivity index (χ4v) is 7.36. The van der Waals surface area contributed by atoms with Gasteiger partial charge in [0.05, 0.1) is 31.2 Å². The van der Waals surface area contributed by atoms with Crippen molar-refractivity contribution >= 4 is 11.8 Å². The molecule has 2 unspecified atom stereocenters. The lowest BCUT2D eigenvalue weighted by Crippen LogP contribution is -2.44. The third-order valence-corrected chi connectivity index (χ3v) is 9.52. The summed E-state index contributed by atoms with van der Waals surface area (Å²) in [6, 6.07) is 12.7. The quantitative estimate of drug-likeness (QED) is 0.401. The van der Waals surface area contributed by atoms with E-state index in [9.17, 15) is 19.2 Å². The third-order valence-electron chi connectivity index (χ3n) is 9.52. The maximum absolute atomic E-state index is 14.6. The van der Waals surface area contributed by atoms with Gasteiger partial charge in [-0.3, -0.25) is 9.59 Å². The number of aryl methyl sites for hydroxylation is 2. The van der Waals surface area contributed by atoms with Crippen molar-refractivity contribution < 1.29 is 18.7 Å². The van der Waals surface area contributed by atoms with Gasteiger partial charge in [-0.05, 0) is 91.1 Å². The number of piperidine rings is 1. The van der Waals surface area contributed by atoms with Crippen LogP contribution in [-0.2, 0) is 27.8 Å². The minimum Gasteiger partial charge on any atom is -0.378 e. The molecule has 4 aliphatic rings. The summed E-state index contributed by atoms with van der Waals surface area (Å²) in [6.45, 7) is 2.66. The van der Waals surface area contributed by atoms with Crippen LogP contribution in [0.25, 0.3) is 0 Å². The molecule has 2 aliphatic heterocycles. The standard InChI is InChI=1S/C31H33FN8O3/c32-23-4-6-26-20(14-23)2-1-19-13-21(29(42)39-9-11-43-12-10-39)3-5-25(19)31(26,30-35-37-38-36-30)7-8-34-18-28(41)40-24(17-33)15-22-16-27(22)40/h3-6,13-14,22,24,27,34H,1-2,7-12,15-16,18H2,(H,35,36,37,38)/t22-,24?,27+,31?/m1/s1. The molecular weight excluding hydrogens is 551 g/mol. The fourth-order valence-electron chi connectivity index (χ4n) is 7.36. The highest BCUT2D eigenvalue weighted by atomic mass is 19.1. The number of hydrogen-bond acceptors (Lipinski definition) is 8. The molecule has 3 aromatic rings. The molecule has 3 heterocycles. The Labute approximate surface area is 248 Å². The Balaban J connectivity index is 1.22. The molecule has 0 spiro atoms. The minimum absolute atomic E-state index is 0.0419. The van der Waals surface area contributed by atoms with Crippen LogP contribution in [0.5, 0.6) is 0 Å². The van der Waals surface area contributed by atoms with Gasteiger partial charge in [-0.15, -0.1) is 10.2 Å². The fraction of sp³-hybridized carbons (Fsp3) is 0.484. The van der Waals surface area contributed by atoms with Crippen LogP contribution in [0.1, 0.15) is 57.7 Å². The highest BCUT2D eigenvalue weighted by Gasteiger charge is 2.54. The van der Waals surface area contributed by atoms with Crippen LogP contribution in [0, 0.1) is 23.1 Å². The molecule has 3 fully saturated rings. The molecule has 2 N–H and O–H groups in total. The first kappa shape index (κ1) is 27.6. The van der Waals surface area contributed by atoms with E-state index < -0.39 is 5.41 Å². The van der Waals surface area contributed by atoms with Gasteiger partial charge >= 0.3 is 0 Å². The maximum atomic E-state index is 14.6. The molecule has 7 rings (SSSR count). The predicted molar refractivity (Wildman–Crippen MR) is 151 cm³/mol. The normalized spacial score (nSPS) is 25.7. The molecule has 0 bridgehead atoms. The number of nitriles is 1. The van der Waals surface area contributed by atoms with Crippen LogP contribution < -0.4 is 5.32 Å². The van der Waals surface area contributed by atoms with E-state index in [1.165, 1.54) is 6.07 Å². The first-order valence-electron chi connectivity index (χ1n) is 14.9. The number of fused-ring (bicyclic) bond motifs is 3. The van der Waals surface area contributed by atoms with Crippen molar-refractivity contribution in [1.82, 2.24) is 35.7 Å². The second kappa shape index (κ2) is 11.1. The van der Waals surface area contributed by atoms with Crippen molar-refractivity contribution in [3.05, 3.63) is 75.9 Å². The number of hydrogen-bond donors (Lipinski definition) is 2. The number of halogens is 1. The van der Waals surface area contributed by atoms with Gasteiger partial charge in [-0.1, -0.05) is 17.3 Å². The van der Waals surface area contributed by atoms with E-state index in [1.54, 1.807) is 21.9 Å². The van der Waals surface area contributed by atoms with Gasteiger partial charge in [0.25, 0.3) is 5.91 Å². The SMILES string of the molecule is N#CC1C[C@@H]2C[C@@H]2N1C(=O)CNCCC1(c2nn[nH]n2)c2ccc(F)cc2CCc2cc(C(=O)N3CCOCC3)ccc21. The Bertz CT molecular complexity index is 1580. The topological polar surface area (TPSA) is 140 Å². The van der Waals surface area contributed by atoms with Crippen molar-refractivity contribution in [3.8, 4) is 6.07 Å². The number of carbonyl (C=O) groups excluding carboxylic acids is 2. The lowest BCUT2D eigenvalue weighted by molar-refractivity contribution is -0.131. The monoisotopic (exact) mass is 584 g/mol. The van der Waals surface area contributed by atoms with Gasteiger partial charge < -0.3 is 19.9 Å². The molecule has 1 aromatic heterocycles. The zero-order chi connectivity index (χ0) is 29.6. The average molecular weight is 585 g/mol. The summed E-state index contributed by atoms with van der Waals surface area (Å²) in [7, 11) is 0. The number of aromatic nitrogens is 4. The summed E-state index contributed by atoms with van der Waals surface area (Å²) in [5.41, 5.74) is 3.29. The van der Waals surface area contributed by atoms with E-state index in [0.717, 1.165) is 35.1 Å². The van der Waals surface area contributed by atoms with E-state index in [-0.39, 0.29) is 36.3 Å². The molecular formula is C31H33FN8O3. The first-order chi connectivity index (χ1) is 21.0. The van der Waals surface area contributed by atoms with Gasteiger partial charge in [0, 0.05) is 24.7 Å². The number of morpholine rings is 1. The number of nitrogens with one attached hydrogen (secondary N) is 2. The van der Waals surface area contributed by atoms with Gasteiger partial charge in [0.15, 0.2) is 5.82 Å². The Hall–Kier alpha value is -4.21. The molecule has 2 aliphatic carbocycles. The first-order valence-corrected chi connectivity index (χ1v) is 14.9. The number of amides is 2. The summed E-state index contributed by atoms with van der Waals surface area (Å²) in [4.78, 5) is 30.1. The third kappa shape index (κ3) is 4.86. The molecule has 0 radical (unpaired) electrons. The highest BCUT2D eigenvalue weighted by Crippen LogP contribution is 2.48. The summed E-state index contributed by atoms with van der Waals surface area (Å²) in [5.74, 6) is 0.456. The van der Waals surface area contributed by atoms with E-state index >= 15 is 0 Å². The number of tetrazole rings is 1. The smallest absolute Gasteiger partial charge is 0.254 e. The predicted octanol–water partition coefficient (Wildman–Crippen LogP) is 1.74. The van der Waals surface area contributed by atoms with Crippen molar-refractivity contribution in [2.24, 2.45) is 5.92 Å². The molecule has 1 saturated carbocycles. The molecule has 11 nitrogen and oxygen atoms in total. The number of rotatable bonds is 7. The van der Waals surface area contributed by atoms with E-state index in [1.807, 2.05) is 18.2 Å². The zero-order valence-electron chi connectivity index (χ0n) is 23.8. The number of H-pyrrole nitrogens is 1. The van der Waals surface area contributed by atoms with Crippen LogP contribution in [0.15, 0.2) is 36.4 Å². The number of ether oxygens (including phenoxy) is 1. The highest BCUT2D eigenvalue weighted by molar-refractivity contribution is 5.94. The molecule has 2 aromatic carbocycles. The number of aromatic amines is 1. The molecule has 2 amide bonds. The molecule has 2 saturated heterocycles. The lowest BCUT2D eigenvalue weighted by atomic mass is 9.69. The van der Waals surface area contributed by atoms with E-state index in [4.69, 9.17) is 4.74 Å². The van der Waals surface area contributed by atoms with Crippen molar-refractivity contribution in [2.45, 2.75) is 49.6 Å². The van der Waals surface area contributed by atoms with Gasteiger partial charge in [-0.2, -0.15) is 10.5 Å². The summed E-state index contributed by atoms with van der Waals surface area (Å²) < 4.78 is 20.0.